The molecule has 0 aliphatic carbocycles. The number of hydrogen-bond donors (Lipinski definition) is 0. The lowest BCUT2D eigenvalue weighted by Gasteiger charge is -2.02. The molecule has 0 bridgehead atoms. The molecule has 0 amide bonds. The second-order valence-corrected chi connectivity index (χ2v) is 2.70. The molecule has 1 aromatic carbocycles. The van der Waals surface area contributed by atoms with Crippen LogP contribution in [0, 0.1) is 0 Å². The maximum absolute atomic E-state index is 5.53. The minimum atomic E-state index is 0.331. The highest BCUT2D eigenvalue weighted by Gasteiger charge is 1.96. The Labute approximate surface area is 83.2 Å². The van der Waals surface area contributed by atoms with Crippen molar-refractivity contribution in [3.05, 3.63) is 42.7 Å². The quantitative estimate of drug-likeness (QED) is 0.651. The summed E-state index contributed by atoms with van der Waals surface area (Å²) in [5.41, 5.74) is 0.700. The predicted molar refractivity (Wildman–Crippen MR) is 53.9 cm³/mol. The monoisotopic (exact) mass is 182 g/mol. The number of aromatic nitrogens is 2. The van der Waals surface area contributed by atoms with Crippen molar-refractivity contribution in [2.75, 3.05) is 0 Å². The molecular formula is C10H7BN2O. The van der Waals surface area contributed by atoms with E-state index in [2.05, 4.69) is 9.97 Å². The summed E-state index contributed by atoms with van der Waals surface area (Å²) < 4.78 is 5.36. The summed E-state index contributed by atoms with van der Waals surface area (Å²) in [4.78, 5) is 7.86. The van der Waals surface area contributed by atoms with Gasteiger partial charge in [-0.15, -0.1) is 0 Å². The van der Waals surface area contributed by atoms with Crippen LogP contribution in [0.2, 0.25) is 0 Å². The van der Waals surface area contributed by atoms with Gasteiger partial charge in [-0.2, -0.15) is 0 Å². The molecule has 0 N–H and O–H groups in total. The zero-order valence-electron chi connectivity index (χ0n) is 7.42. The first-order valence-electron chi connectivity index (χ1n) is 4.15. The summed E-state index contributed by atoms with van der Waals surface area (Å²) in [6.07, 6.45) is 3.25. The van der Waals surface area contributed by atoms with E-state index < -0.39 is 0 Å². The van der Waals surface area contributed by atoms with Crippen molar-refractivity contribution in [3.8, 4) is 11.8 Å². The molecule has 1 aromatic heterocycles. The fraction of sp³-hybridized carbons (Fsp3) is 0. The summed E-state index contributed by atoms with van der Waals surface area (Å²) in [5.74, 6) is 0.672. The Hall–Kier alpha value is -1.84. The topological polar surface area (TPSA) is 35.0 Å². The Kier molecular flexibility index (Phi) is 2.45. The second kappa shape index (κ2) is 3.92. The number of benzene rings is 1. The van der Waals surface area contributed by atoms with E-state index in [1.807, 2.05) is 0 Å². The second-order valence-electron chi connectivity index (χ2n) is 2.70. The highest BCUT2D eigenvalue weighted by Crippen LogP contribution is 2.14. The van der Waals surface area contributed by atoms with Gasteiger partial charge in [-0.1, -0.05) is 17.6 Å². The van der Waals surface area contributed by atoms with Gasteiger partial charge in [0.2, 0.25) is 0 Å². The number of rotatable bonds is 2. The Morgan fingerprint density at radius 1 is 1.00 bits per heavy atom. The van der Waals surface area contributed by atoms with Gasteiger partial charge in [0.05, 0.1) is 0 Å². The van der Waals surface area contributed by atoms with Gasteiger partial charge in [-0.3, -0.25) is 0 Å². The minimum absolute atomic E-state index is 0.331. The van der Waals surface area contributed by atoms with Crippen LogP contribution in [-0.4, -0.2) is 17.8 Å². The number of hydrogen-bond acceptors (Lipinski definition) is 3. The standard InChI is InChI=1S/C10H7BN2O/c11-8-2-4-9(5-3-8)14-10-12-6-1-7-13-10/h1-7H. The molecule has 14 heavy (non-hydrogen) atoms. The van der Waals surface area contributed by atoms with Crippen LogP contribution in [0.15, 0.2) is 42.7 Å². The van der Waals surface area contributed by atoms with E-state index in [0.29, 0.717) is 17.2 Å². The van der Waals surface area contributed by atoms with Crippen LogP contribution >= 0.6 is 0 Å². The third-order valence-corrected chi connectivity index (χ3v) is 1.63. The fourth-order valence-electron chi connectivity index (χ4n) is 0.979. The first-order valence-corrected chi connectivity index (χ1v) is 4.15. The van der Waals surface area contributed by atoms with Gasteiger partial charge >= 0.3 is 6.01 Å². The number of ether oxygens (including phenoxy) is 1. The van der Waals surface area contributed by atoms with Crippen molar-refractivity contribution in [1.82, 2.24) is 9.97 Å². The minimum Gasteiger partial charge on any atom is -0.424 e. The van der Waals surface area contributed by atoms with E-state index in [9.17, 15) is 0 Å². The van der Waals surface area contributed by atoms with Crippen molar-refractivity contribution >= 4 is 13.3 Å². The lowest BCUT2D eigenvalue weighted by molar-refractivity contribution is 0.442. The molecule has 0 aliphatic heterocycles. The first-order chi connectivity index (χ1) is 6.84. The summed E-state index contributed by atoms with van der Waals surface area (Å²) in [6.45, 7) is 0. The Balaban J connectivity index is 2.16. The van der Waals surface area contributed by atoms with E-state index in [-0.39, 0.29) is 0 Å². The molecule has 0 fully saturated rings. The molecule has 2 rings (SSSR count). The molecule has 1 heterocycles. The lowest BCUT2D eigenvalue weighted by Crippen LogP contribution is -1.99. The van der Waals surface area contributed by atoms with Crippen LogP contribution in [0.1, 0.15) is 0 Å². The molecule has 2 aromatic rings. The summed E-state index contributed by atoms with van der Waals surface area (Å²) in [7, 11) is 5.53. The Bertz CT molecular complexity index is 402. The highest BCUT2D eigenvalue weighted by atomic mass is 16.5. The maximum Gasteiger partial charge on any atom is 0.321 e. The third kappa shape index (κ3) is 2.10. The predicted octanol–water partition coefficient (Wildman–Crippen LogP) is 1.06. The Morgan fingerprint density at radius 3 is 2.29 bits per heavy atom. The van der Waals surface area contributed by atoms with E-state index in [1.54, 1.807) is 42.7 Å². The van der Waals surface area contributed by atoms with Gasteiger partial charge in [0.25, 0.3) is 0 Å². The first kappa shape index (κ1) is 8.75. The normalized spacial score (nSPS) is 9.71. The smallest absolute Gasteiger partial charge is 0.321 e. The van der Waals surface area contributed by atoms with Crippen LogP contribution in [0.4, 0.5) is 0 Å². The van der Waals surface area contributed by atoms with Crippen molar-refractivity contribution < 1.29 is 4.74 Å². The SMILES string of the molecule is [B]c1ccc(Oc2ncccn2)cc1. The van der Waals surface area contributed by atoms with Crippen LogP contribution < -0.4 is 10.2 Å². The summed E-state index contributed by atoms with van der Waals surface area (Å²) in [6, 6.07) is 9.13. The van der Waals surface area contributed by atoms with Crippen LogP contribution in [-0.2, 0) is 0 Å². The van der Waals surface area contributed by atoms with E-state index in [0.717, 1.165) is 0 Å². The van der Waals surface area contributed by atoms with Crippen LogP contribution in [0.25, 0.3) is 0 Å². The zero-order chi connectivity index (χ0) is 9.80. The Morgan fingerprint density at radius 2 is 1.64 bits per heavy atom. The highest BCUT2D eigenvalue weighted by molar-refractivity contribution is 6.32. The molecule has 3 nitrogen and oxygen atoms in total. The zero-order valence-corrected chi connectivity index (χ0v) is 7.42. The number of nitrogens with zero attached hydrogens (tertiary/aromatic N) is 2. The molecule has 0 aliphatic rings. The molecular weight excluding hydrogens is 175 g/mol. The summed E-state index contributed by atoms with van der Waals surface area (Å²) in [5, 5.41) is 0. The van der Waals surface area contributed by atoms with Crippen molar-refractivity contribution in [2.24, 2.45) is 0 Å². The van der Waals surface area contributed by atoms with Gasteiger partial charge in [0, 0.05) is 12.4 Å². The van der Waals surface area contributed by atoms with Crippen LogP contribution in [0.3, 0.4) is 0 Å². The average Bonchev–Trinajstić information content (AvgIpc) is 2.23. The average molecular weight is 182 g/mol. The summed E-state index contributed by atoms with van der Waals surface area (Å²) >= 11 is 0. The third-order valence-electron chi connectivity index (χ3n) is 1.63. The van der Waals surface area contributed by atoms with Crippen molar-refractivity contribution in [2.45, 2.75) is 0 Å². The molecule has 0 saturated heterocycles. The molecule has 2 radical (unpaired) electrons. The maximum atomic E-state index is 5.53. The van der Waals surface area contributed by atoms with E-state index in [4.69, 9.17) is 12.6 Å². The van der Waals surface area contributed by atoms with Gasteiger partial charge in [-0.25, -0.2) is 9.97 Å². The van der Waals surface area contributed by atoms with Gasteiger partial charge in [0.1, 0.15) is 13.6 Å². The lowest BCUT2D eigenvalue weighted by atomic mass is 9.97. The molecule has 0 spiro atoms. The molecule has 0 saturated carbocycles. The largest absolute Gasteiger partial charge is 0.424 e. The van der Waals surface area contributed by atoms with E-state index >= 15 is 0 Å². The van der Waals surface area contributed by atoms with Crippen molar-refractivity contribution in [1.29, 1.82) is 0 Å². The van der Waals surface area contributed by atoms with E-state index in [1.165, 1.54) is 0 Å². The molecule has 4 heteroatoms. The van der Waals surface area contributed by atoms with Gasteiger partial charge in [-0.05, 0) is 18.2 Å². The van der Waals surface area contributed by atoms with Gasteiger partial charge in [0.15, 0.2) is 0 Å². The molecule has 66 valence electrons. The molecule has 0 atom stereocenters. The van der Waals surface area contributed by atoms with Crippen molar-refractivity contribution in [3.63, 3.8) is 0 Å². The van der Waals surface area contributed by atoms with Gasteiger partial charge < -0.3 is 4.74 Å². The van der Waals surface area contributed by atoms with Crippen LogP contribution in [0.5, 0.6) is 11.8 Å². The molecule has 0 unspecified atom stereocenters. The fourth-order valence-corrected chi connectivity index (χ4v) is 0.979.